The molecule has 9 heteroatoms. The lowest BCUT2D eigenvalue weighted by atomic mass is 10.0. The third kappa shape index (κ3) is 4.18. The molecule has 2 unspecified atom stereocenters. The van der Waals surface area contributed by atoms with Gasteiger partial charge in [0.1, 0.15) is 18.2 Å². The molecule has 7 nitrogen and oxygen atoms in total. The largest absolute Gasteiger partial charge is 0.485 e. The molecule has 172 valence electrons. The van der Waals surface area contributed by atoms with E-state index >= 15 is 0 Å². The van der Waals surface area contributed by atoms with Gasteiger partial charge in [-0.3, -0.25) is 13.9 Å². The van der Waals surface area contributed by atoms with Crippen molar-refractivity contribution >= 4 is 11.6 Å². The maximum Gasteiger partial charge on any atom is 0.308 e. The Kier molecular flexibility index (Phi) is 5.88. The van der Waals surface area contributed by atoms with Crippen LogP contribution in [0.15, 0.2) is 42.9 Å². The summed E-state index contributed by atoms with van der Waals surface area (Å²) in [5, 5.41) is 13.7. The lowest BCUT2D eigenvalue weighted by Crippen LogP contribution is -2.21. The van der Waals surface area contributed by atoms with Crippen LogP contribution < -0.4 is 4.74 Å². The summed E-state index contributed by atoms with van der Waals surface area (Å²) in [5.74, 6) is -2.45. The van der Waals surface area contributed by atoms with E-state index in [9.17, 15) is 18.7 Å². The van der Waals surface area contributed by atoms with Gasteiger partial charge in [-0.1, -0.05) is 6.07 Å². The quantitative estimate of drug-likeness (QED) is 0.427. The summed E-state index contributed by atoms with van der Waals surface area (Å²) >= 11 is 0. The van der Waals surface area contributed by atoms with Gasteiger partial charge in [0.15, 0.2) is 11.4 Å². The van der Waals surface area contributed by atoms with Crippen LogP contribution in [0.1, 0.15) is 36.7 Å². The average molecular weight is 454 g/mol. The van der Waals surface area contributed by atoms with Crippen LogP contribution in [0.3, 0.4) is 0 Å². The van der Waals surface area contributed by atoms with Gasteiger partial charge >= 0.3 is 5.97 Å². The van der Waals surface area contributed by atoms with Crippen molar-refractivity contribution in [1.29, 1.82) is 0 Å². The van der Waals surface area contributed by atoms with E-state index in [0.717, 1.165) is 16.8 Å². The fourth-order valence-corrected chi connectivity index (χ4v) is 3.75. The monoisotopic (exact) mass is 454 g/mol. The molecule has 4 rings (SSSR count). The number of pyridine rings is 1. The van der Waals surface area contributed by atoms with E-state index < -0.39 is 23.5 Å². The number of aliphatic carboxylic acids is 1. The average Bonchev–Trinajstić information content (AvgIpc) is 3.36. The molecule has 1 N–H and O–H groups in total. The third-order valence-corrected chi connectivity index (χ3v) is 5.84. The molecule has 3 aromatic heterocycles. The first-order valence-corrected chi connectivity index (χ1v) is 10.5. The molecule has 33 heavy (non-hydrogen) atoms. The first-order chi connectivity index (χ1) is 15.7. The number of fused-ring (bicyclic) bond motifs is 1. The summed E-state index contributed by atoms with van der Waals surface area (Å²) in [6, 6.07) is 5.11. The van der Waals surface area contributed by atoms with E-state index in [0.29, 0.717) is 17.1 Å². The molecule has 4 aromatic rings. The van der Waals surface area contributed by atoms with Gasteiger partial charge in [-0.25, -0.2) is 13.8 Å². The fraction of sp³-hybridized carbons (Fsp3) is 0.292. The van der Waals surface area contributed by atoms with Gasteiger partial charge in [0.25, 0.3) is 0 Å². The molecule has 0 amide bonds. The lowest BCUT2D eigenvalue weighted by molar-refractivity contribution is -0.142. The summed E-state index contributed by atoms with van der Waals surface area (Å²) in [6.07, 6.45) is 5.35. The van der Waals surface area contributed by atoms with Crippen LogP contribution in [0.25, 0.3) is 16.9 Å². The minimum atomic E-state index is -0.894. The molecule has 0 bridgehead atoms. The highest BCUT2D eigenvalue weighted by Crippen LogP contribution is 2.31. The van der Waals surface area contributed by atoms with Gasteiger partial charge in [-0.15, -0.1) is 0 Å². The van der Waals surface area contributed by atoms with Crippen molar-refractivity contribution in [2.24, 2.45) is 5.92 Å². The zero-order valence-electron chi connectivity index (χ0n) is 18.7. The molecule has 0 aliphatic carbocycles. The van der Waals surface area contributed by atoms with Crippen molar-refractivity contribution in [3.63, 3.8) is 0 Å². The minimum absolute atomic E-state index is 0.150. The summed E-state index contributed by atoms with van der Waals surface area (Å²) in [5.41, 5.74) is 3.47. The maximum absolute atomic E-state index is 14.0. The molecule has 2 atom stereocenters. The van der Waals surface area contributed by atoms with Crippen LogP contribution >= 0.6 is 0 Å². The van der Waals surface area contributed by atoms with Crippen LogP contribution in [0, 0.1) is 31.4 Å². The van der Waals surface area contributed by atoms with Gasteiger partial charge in [0.05, 0.1) is 35.1 Å². The third-order valence-electron chi connectivity index (χ3n) is 5.84. The van der Waals surface area contributed by atoms with Gasteiger partial charge in [0, 0.05) is 18.0 Å². The molecular weight excluding hydrogens is 430 g/mol. The van der Waals surface area contributed by atoms with E-state index in [2.05, 4.69) is 10.1 Å². The lowest BCUT2D eigenvalue weighted by Gasteiger charge is -2.16. The standard InChI is InChI=1S/C24H24F2N4O3/c1-13-8-21(33-12-18-19(25)6-5-7-20(18)26)23-28-15(3)22(29(23)10-13)17-9-27-30(11-17)16(4)14(2)24(31)32/h5-11,14,16H,12H2,1-4H3,(H,31,32). The highest BCUT2D eigenvalue weighted by atomic mass is 19.1. The summed E-state index contributed by atoms with van der Waals surface area (Å²) in [6.45, 7) is 6.89. The number of rotatable bonds is 7. The van der Waals surface area contributed by atoms with Crippen molar-refractivity contribution in [1.82, 2.24) is 19.2 Å². The normalized spacial score (nSPS) is 13.3. The van der Waals surface area contributed by atoms with E-state index in [1.807, 2.05) is 24.4 Å². The van der Waals surface area contributed by atoms with Crippen molar-refractivity contribution in [3.05, 3.63) is 71.3 Å². The number of ether oxygens (including phenoxy) is 1. The van der Waals surface area contributed by atoms with Crippen LogP contribution in [0.2, 0.25) is 0 Å². The minimum Gasteiger partial charge on any atom is -0.485 e. The Morgan fingerprint density at radius 1 is 1.18 bits per heavy atom. The number of carboxylic acids is 1. The Balaban J connectivity index is 1.72. The van der Waals surface area contributed by atoms with Crippen molar-refractivity contribution in [3.8, 4) is 17.0 Å². The van der Waals surface area contributed by atoms with Crippen LogP contribution in [-0.2, 0) is 11.4 Å². The first kappa shape index (κ1) is 22.4. The van der Waals surface area contributed by atoms with Gasteiger partial charge < -0.3 is 9.84 Å². The number of benzene rings is 1. The number of hydrogen-bond acceptors (Lipinski definition) is 4. The number of imidazole rings is 1. The number of carboxylic acid groups (broad SMARTS) is 1. The SMILES string of the molecule is Cc1cc(OCc2c(F)cccc2F)c2nc(C)c(-c3cnn(C(C)C(C)C(=O)O)c3)n2c1. The molecule has 1 aromatic carbocycles. The zero-order valence-corrected chi connectivity index (χ0v) is 18.7. The molecule has 0 fully saturated rings. The fourth-order valence-electron chi connectivity index (χ4n) is 3.75. The van der Waals surface area contributed by atoms with E-state index in [1.165, 1.54) is 18.2 Å². The second-order valence-corrected chi connectivity index (χ2v) is 8.19. The van der Waals surface area contributed by atoms with Crippen molar-refractivity contribution < 1.29 is 23.4 Å². The van der Waals surface area contributed by atoms with E-state index in [4.69, 9.17) is 4.74 Å². The van der Waals surface area contributed by atoms with Crippen molar-refractivity contribution in [2.45, 2.75) is 40.3 Å². The Morgan fingerprint density at radius 3 is 2.55 bits per heavy atom. The second-order valence-electron chi connectivity index (χ2n) is 8.19. The molecule has 0 aliphatic heterocycles. The molecule has 0 saturated carbocycles. The van der Waals surface area contributed by atoms with E-state index in [-0.39, 0.29) is 18.2 Å². The Bertz CT molecular complexity index is 1320. The van der Waals surface area contributed by atoms with Crippen LogP contribution in [-0.4, -0.2) is 30.2 Å². The second kappa shape index (κ2) is 8.65. The zero-order chi connectivity index (χ0) is 23.9. The summed E-state index contributed by atoms with van der Waals surface area (Å²) in [7, 11) is 0. The number of carbonyl (C=O) groups is 1. The Morgan fingerprint density at radius 2 is 1.88 bits per heavy atom. The number of aryl methyl sites for hydroxylation is 2. The van der Waals surface area contributed by atoms with Crippen LogP contribution in [0.5, 0.6) is 5.75 Å². The molecular formula is C24H24F2N4O3. The number of nitrogens with zero attached hydrogens (tertiary/aromatic N) is 4. The van der Waals surface area contributed by atoms with E-state index in [1.54, 1.807) is 37.0 Å². The van der Waals surface area contributed by atoms with Gasteiger partial charge in [0.2, 0.25) is 0 Å². The first-order valence-electron chi connectivity index (χ1n) is 10.5. The predicted octanol–water partition coefficient (Wildman–Crippen LogP) is 4.95. The molecule has 0 saturated heterocycles. The number of halogens is 2. The molecule has 0 radical (unpaired) electrons. The highest BCUT2D eigenvalue weighted by molar-refractivity contribution is 5.71. The van der Waals surface area contributed by atoms with Crippen LogP contribution in [0.4, 0.5) is 8.78 Å². The Hall–Kier alpha value is -3.75. The maximum atomic E-state index is 14.0. The topological polar surface area (TPSA) is 81.7 Å². The van der Waals surface area contributed by atoms with Gasteiger partial charge in [-0.05, 0) is 51.5 Å². The predicted molar refractivity (Wildman–Crippen MR) is 118 cm³/mol. The highest BCUT2D eigenvalue weighted by Gasteiger charge is 2.23. The molecule has 0 spiro atoms. The van der Waals surface area contributed by atoms with Gasteiger partial charge in [-0.2, -0.15) is 5.10 Å². The molecule has 3 heterocycles. The number of hydrogen-bond donors (Lipinski definition) is 1. The van der Waals surface area contributed by atoms with Crippen molar-refractivity contribution in [2.75, 3.05) is 0 Å². The Labute approximate surface area is 189 Å². The smallest absolute Gasteiger partial charge is 0.308 e. The molecule has 0 aliphatic rings. The number of aromatic nitrogens is 4. The summed E-state index contributed by atoms with van der Waals surface area (Å²) < 4.78 is 37.3. The summed E-state index contributed by atoms with van der Waals surface area (Å²) in [4.78, 5) is 16.0.